The molecule has 0 aliphatic carbocycles. The maximum absolute atomic E-state index is 14.3. The minimum Gasteiger partial charge on any atom is -0.444 e. The smallest absolute Gasteiger partial charge is 0.408 e. The minimum atomic E-state index is -3.05. The van der Waals surface area contributed by atoms with Crippen molar-refractivity contribution in [2.24, 2.45) is 0 Å². The number of H-pyrrole nitrogens is 1. The molecule has 1 fully saturated rings. The first kappa shape index (κ1) is 18.9. The van der Waals surface area contributed by atoms with Crippen molar-refractivity contribution < 1.29 is 18.3 Å². The molecule has 0 bridgehead atoms. The summed E-state index contributed by atoms with van der Waals surface area (Å²) in [6, 6.07) is 5.64. The van der Waals surface area contributed by atoms with Gasteiger partial charge in [-0.1, -0.05) is 0 Å². The van der Waals surface area contributed by atoms with Gasteiger partial charge in [-0.15, -0.1) is 0 Å². The summed E-state index contributed by atoms with van der Waals surface area (Å²) in [4.78, 5) is 21.0. The van der Waals surface area contributed by atoms with E-state index in [-0.39, 0.29) is 13.1 Å². The number of hydrogen-bond donors (Lipinski definition) is 2. The molecule has 1 aromatic carbocycles. The first-order chi connectivity index (χ1) is 12.6. The third-order valence-electron chi connectivity index (χ3n) is 4.22. The van der Waals surface area contributed by atoms with Gasteiger partial charge in [-0.25, -0.2) is 18.6 Å². The van der Waals surface area contributed by atoms with Gasteiger partial charge in [0.2, 0.25) is 5.95 Å². The fourth-order valence-corrected chi connectivity index (χ4v) is 2.91. The number of anilines is 1. The zero-order valence-corrected chi connectivity index (χ0v) is 15.3. The fourth-order valence-electron chi connectivity index (χ4n) is 2.91. The third-order valence-corrected chi connectivity index (χ3v) is 4.22. The molecule has 0 spiro atoms. The molecule has 2 heterocycles. The van der Waals surface area contributed by atoms with Gasteiger partial charge in [-0.2, -0.15) is 5.26 Å². The van der Waals surface area contributed by atoms with Crippen LogP contribution in [0.1, 0.15) is 32.8 Å². The molecule has 3 rings (SSSR count). The summed E-state index contributed by atoms with van der Waals surface area (Å²) in [6.45, 7) is 4.98. The monoisotopic (exact) mass is 377 g/mol. The lowest BCUT2D eigenvalue weighted by molar-refractivity contribution is -0.0537. The number of amides is 1. The topological polar surface area (TPSA) is 94.0 Å². The number of nitrogens with one attached hydrogen (secondary N) is 2. The molecule has 2 N–H and O–H groups in total. The fraction of sp³-hybridized carbons (Fsp3) is 0.500. The van der Waals surface area contributed by atoms with Crippen LogP contribution in [0, 0.1) is 11.3 Å². The normalized spacial score (nSPS) is 19.6. The number of rotatable bonds is 2. The van der Waals surface area contributed by atoms with Gasteiger partial charge in [0.15, 0.2) is 0 Å². The van der Waals surface area contributed by atoms with Gasteiger partial charge in [-0.05, 0) is 39.0 Å². The van der Waals surface area contributed by atoms with E-state index in [0.29, 0.717) is 22.5 Å². The number of piperidine rings is 1. The van der Waals surface area contributed by atoms with Crippen molar-refractivity contribution in [2.75, 3.05) is 18.0 Å². The molecule has 1 aliphatic rings. The van der Waals surface area contributed by atoms with Crippen LogP contribution in [0.5, 0.6) is 0 Å². The summed E-state index contributed by atoms with van der Waals surface area (Å²) in [5.74, 6) is -2.63. The molecule has 1 atom stereocenters. The Bertz CT molecular complexity index is 897. The molecule has 0 unspecified atom stereocenters. The number of hydrogen-bond acceptors (Lipinski definition) is 5. The highest BCUT2D eigenvalue weighted by Gasteiger charge is 2.46. The molecule has 1 amide bonds. The van der Waals surface area contributed by atoms with E-state index in [2.05, 4.69) is 15.3 Å². The van der Waals surface area contributed by atoms with Crippen molar-refractivity contribution in [1.29, 1.82) is 5.26 Å². The maximum atomic E-state index is 14.3. The largest absolute Gasteiger partial charge is 0.444 e. The summed E-state index contributed by atoms with van der Waals surface area (Å²) in [7, 11) is 0. The van der Waals surface area contributed by atoms with Crippen LogP contribution < -0.4 is 10.2 Å². The van der Waals surface area contributed by atoms with Crippen LogP contribution in [-0.4, -0.2) is 46.7 Å². The summed E-state index contributed by atoms with van der Waals surface area (Å²) in [6.07, 6.45) is -1.30. The molecule has 7 nitrogen and oxygen atoms in total. The van der Waals surface area contributed by atoms with E-state index in [0.717, 1.165) is 0 Å². The summed E-state index contributed by atoms with van der Waals surface area (Å²) < 4.78 is 33.7. The molecule has 1 aromatic heterocycles. The van der Waals surface area contributed by atoms with Gasteiger partial charge in [-0.3, -0.25) is 0 Å². The predicted molar refractivity (Wildman–Crippen MR) is 95.7 cm³/mol. The highest BCUT2D eigenvalue weighted by Crippen LogP contribution is 2.31. The number of nitrogens with zero attached hydrogens (tertiary/aromatic N) is 3. The average Bonchev–Trinajstić information content (AvgIpc) is 2.97. The number of aromatic amines is 1. The van der Waals surface area contributed by atoms with Gasteiger partial charge in [0, 0.05) is 19.5 Å². The zero-order valence-electron chi connectivity index (χ0n) is 15.3. The molecule has 1 aliphatic heterocycles. The number of aromatic nitrogens is 2. The van der Waals surface area contributed by atoms with Gasteiger partial charge >= 0.3 is 6.09 Å². The predicted octanol–water partition coefficient (Wildman–Crippen LogP) is 3.17. The minimum absolute atomic E-state index is 0.0877. The van der Waals surface area contributed by atoms with Crippen LogP contribution in [0.3, 0.4) is 0 Å². The quantitative estimate of drug-likeness (QED) is 0.838. The molecule has 0 saturated carbocycles. The lowest BCUT2D eigenvalue weighted by Gasteiger charge is -2.38. The summed E-state index contributed by atoms with van der Waals surface area (Å²) in [5.41, 5.74) is 0.994. The van der Waals surface area contributed by atoms with Crippen LogP contribution in [0.2, 0.25) is 0 Å². The number of carbonyl (C=O) groups is 1. The Morgan fingerprint density at radius 1 is 1.48 bits per heavy atom. The van der Waals surface area contributed by atoms with Crippen LogP contribution in [0.25, 0.3) is 11.0 Å². The highest BCUT2D eigenvalue weighted by atomic mass is 19.3. The standard InChI is InChI=1S/C18H21F2N5O2/c1-17(2,3)27-16(26)24-14-10-25(7-6-18(14,19)20)15-22-12-5-4-11(9-21)8-13(12)23-15/h4-5,8,14H,6-7,10H2,1-3H3,(H,22,23)(H,24,26)/t14-/m1/s1. The molecular formula is C18H21F2N5O2. The zero-order chi connectivity index (χ0) is 19.8. The lowest BCUT2D eigenvalue weighted by atomic mass is 10.0. The van der Waals surface area contributed by atoms with Crippen molar-refractivity contribution in [3.63, 3.8) is 0 Å². The Kier molecular flexibility index (Phi) is 4.68. The van der Waals surface area contributed by atoms with Gasteiger partial charge in [0.05, 0.1) is 22.7 Å². The molecule has 0 radical (unpaired) electrons. The van der Waals surface area contributed by atoms with Crippen molar-refractivity contribution in [2.45, 2.75) is 44.8 Å². The number of benzene rings is 1. The number of fused-ring (bicyclic) bond motifs is 1. The van der Waals surface area contributed by atoms with Gasteiger partial charge < -0.3 is 19.9 Å². The van der Waals surface area contributed by atoms with E-state index in [1.807, 2.05) is 6.07 Å². The van der Waals surface area contributed by atoms with Crippen molar-refractivity contribution in [3.8, 4) is 6.07 Å². The Balaban J connectivity index is 1.78. The number of halogens is 2. The number of imidazole rings is 1. The van der Waals surface area contributed by atoms with E-state index in [1.54, 1.807) is 43.9 Å². The maximum Gasteiger partial charge on any atom is 0.408 e. The second-order valence-corrected chi connectivity index (χ2v) is 7.56. The van der Waals surface area contributed by atoms with E-state index < -0.39 is 30.1 Å². The van der Waals surface area contributed by atoms with Crippen LogP contribution in [-0.2, 0) is 4.74 Å². The Labute approximate surface area is 155 Å². The number of nitriles is 1. The van der Waals surface area contributed by atoms with Crippen LogP contribution in [0.15, 0.2) is 18.2 Å². The number of alkyl carbamates (subject to hydrolysis) is 1. The average molecular weight is 377 g/mol. The van der Waals surface area contributed by atoms with E-state index in [9.17, 15) is 13.6 Å². The summed E-state index contributed by atoms with van der Waals surface area (Å²) >= 11 is 0. The van der Waals surface area contributed by atoms with Crippen LogP contribution >= 0.6 is 0 Å². The van der Waals surface area contributed by atoms with Crippen LogP contribution in [0.4, 0.5) is 19.5 Å². The molecule has 144 valence electrons. The highest BCUT2D eigenvalue weighted by molar-refractivity contribution is 5.79. The number of carbonyl (C=O) groups excluding carboxylic acids is 1. The van der Waals surface area contributed by atoms with Crippen molar-refractivity contribution >= 4 is 23.1 Å². The lowest BCUT2D eigenvalue weighted by Crippen LogP contribution is -2.59. The van der Waals surface area contributed by atoms with Gasteiger partial charge in [0.25, 0.3) is 5.92 Å². The molecule has 2 aromatic rings. The second-order valence-electron chi connectivity index (χ2n) is 7.56. The molecular weight excluding hydrogens is 356 g/mol. The molecule has 9 heteroatoms. The van der Waals surface area contributed by atoms with E-state index in [1.165, 1.54) is 0 Å². The summed E-state index contributed by atoms with van der Waals surface area (Å²) in [5, 5.41) is 11.3. The molecule has 1 saturated heterocycles. The van der Waals surface area contributed by atoms with Crippen molar-refractivity contribution in [1.82, 2.24) is 15.3 Å². The Morgan fingerprint density at radius 3 is 2.89 bits per heavy atom. The second kappa shape index (κ2) is 6.68. The number of alkyl halides is 2. The Morgan fingerprint density at radius 2 is 2.22 bits per heavy atom. The molecule has 27 heavy (non-hydrogen) atoms. The first-order valence-corrected chi connectivity index (χ1v) is 8.59. The van der Waals surface area contributed by atoms with E-state index >= 15 is 0 Å². The van der Waals surface area contributed by atoms with E-state index in [4.69, 9.17) is 10.00 Å². The third kappa shape index (κ3) is 4.27. The first-order valence-electron chi connectivity index (χ1n) is 8.59. The van der Waals surface area contributed by atoms with Gasteiger partial charge in [0.1, 0.15) is 11.6 Å². The SMILES string of the molecule is CC(C)(C)OC(=O)N[C@@H]1CN(c2nc3ccc(C#N)cc3[nH]2)CCC1(F)F. The Hall–Kier alpha value is -2.89. The number of ether oxygens (including phenoxy) is 1. The van der Waals surface area contributed by atoms with Crippen molar-refractivity contribution in [3.05, 3.63) is 23.8 Å².